The average Bonchev–Trinajstić information content (AvgIpc) is 2.50. The fourth-order valence-corrected chi connectivity index (χ4v) is 3.53. The van der Waals surface area contributed by atoms with Crippen LogP contribution in [0, 0.1) is 0 Å². The minimum absolute atomic E-state index is 0.228. The molecular weight excluding hydrogens is 334 g/mol. The number of nitrogens with zero attached hydrogens (tertiary/aromatic N) is 2. The van der Waals surface area contributed by atoms with Gasteiger partial charge in [-0.15, -0.1) is 0 Å². The van der Waals surface area contributed by atoms with Crippen LogP contribution in [0.3, 0.4) is 0 Å². The molecule has 3 rings (SSSR count). The van der Waals surface area contributed by atoms with E-state index in [1.165, 1.54) is 5.56 Å². The second-order valence-electron chi connectivity index (χ2n) is 5.62. The van der Waals surface area contributed by atoms with Crippen molar-refractivity contribution in [1.82, 2.24) is 9.80 Å². The molecule has 0 bridgehead atoms. The van der Waals surface area contributed by atoms with Gasteiger partial charge in [0, 0.05) is 38.8 Å². The molecule has 5 nitrogen and oxygen atoms in total. The molecule has 1 aromatic carbocycles. The van der Waals surface area contributed by atoms with E-state index < -0.39 is 0 Å². The number of piperazine rings is 1. The number of ether oxygens (including phenoxy) is 2. The summed E-state index contributed by atoms with van der Waals surface area (Å²) < 4.78 is 12.3. The van der Waals surface area contributed by atoms with Crippen molar-refractivity contribution < 1.29 is 9.47 Å². The van der Waals surface area contributed by atoms with Crippen LogP contribution in [0.15, 0.2) is 16.6 Å². The van der Waals surface area contributed by atoms with E-state index >= 15 is 0 Å². The molecule has 6 heteroatoms. The molecule has 2 aliphatic heterocycles. The Morgan fingerprint density at radius 3 is 2.62 bits per heavy atom. The van der Waals surface area contributed by atoms with E-state index in [0.717, 1.165) is 42.2 Å². The number of fused-ring (bicyclic) bond motifs is 1. The third-order valence-corrected chi connectivity index (χ3v) is 4.79. The highest BCUT2D eigenvalue weighted by molar-refractivity contribution is 9.10. The Labute approximate surface area is 134 Å². The molecule has 1 saturated heterocycles. The number of likely N-dealkylation sites (N-methyl/N-ethyl adjacent to an activating group) is 1. The summed E-state index contributed by atoms with van der Waals surface area (Å²) >= 11 is 3.59. The predicted molar refractivity (Wildman–Crippen MR) is 86.0 cm³/mol. The van der Waals surface area contributed by atoms with Crippen molar-refractivity contribution in [2.45, 2.75) is 6.04 Å². The van der Waals surface area contributed by atoms with Gasteiger partial charge < -0.3 is 20.1 Å². The van der Waals surface area contributed by atoms with Crippen molar-refractivity contribution in [3.63, 3.8) is 0 Å². The second-order valence-corrected chi connectivity index (χ2v) is 6.47. The Hall–Kier alpha value is -0.820. The van der Waals surface area contributed by atoms with E-state index in [9.17, 15) is 0 Å². The fraction of sp³-hybridized carbons (Fsp3) is 0.600. The maximum absolute atomic E-state index is 6.05. The van der Waals surface area contributed by atoms with Gasteiger partial charge in [-0.25, -0.2) is 0 Å². The summed E-state index contributed by atoms with van der Waals surface area (Å²) in [6.07, 6.45) is 0. The Balaban J connectivity index is 1.85. The lowest BCUT2D eigenvalue weighted by Gasteiger charge is -2.38. The molecule has 0 aliphatic carbocycles. The molecule has 0 amide bonds. The van der Waals surface area contributed by atoms with Crippen LogP contribution in [0.25, 0.3) is 0 Å². The van der Waals surface area contributed by atoms with Crippen molar-refractivity contribution in [2.75, 3.05) is 53.0 Å². The zero-order valence-corrected chi connectivity index (χ0v) is 13.9. The molecule has 21 heavy (non-hydrogen) atoms. The molecule has 2 aliphatic rings. The molecule has 0 radical (unpaired) electrons. The van der Waals surface area contributed by atoms with Gasteiger partial charge in [-0.3, -0.25) is 4.90 Å². The SMILES string of the molecule is CN1CCN(C(CN)c2cc(Br)c3c(c2)OCCO3)CC1. The first-order valence-electron chi connectivity index (χ1n) is 7.40. The van der Waals surface area contributed by atoms with Crippen molar-refractivity contribution in [1.29, 1.82) is 0 Å². The molecule has 1 aromatic rings. The lowest BCUT2D eigenvalue weighted by molar-refractivity contribution is 0.114. The van der Waals surface area contributed by atoms with Gasteiger partial charge in [0.1, 0.15) is 13.2 Å². The summed E-state index contributed by atoms with van der Waals surface area (Å²) in [5.74, 6) is 1.62. The first-order chi connectivity index (χ1) is 10.2. The molecule has 0 spiro atoms. The van der Waals surface area contributed by atoms with Gasteiger partial charge >= 0.3 is 0 Å². The highest BCUT2D eigenvalue weighted by Gasteiger charge is 2.25. The van der Waals surface area contributed by atoms with E-state index in [2.05, 4.69) is 44.9 Å². The largest absolute Gasteiger partial charge is 0.486 e. The molecule has 2 N–H and O–H groups in total. The van der Waals surface area contributed by atoms with E-state index in [-0.39, 0.29) is 6.04 Å². The van der Waals surface area contributed by atoms with Gasteiger partial charge in [-0.05, 0) is 40.7 Å². The molecule has 0 aromatic heterocycles. The van der Waals surface area contributed by atoms with Crippen LogP contribution < -0.4 is 15.2 Å². The van der Waals surface area contributed by atoms with Crippen LogP contribution in [0.5, 0.6) is 11.5 Å². The fourth-order valence-electron chi connectivity index (χ4n) is 2.95. The maximum atomic E-state index is 6.05. The summed E-state index contributed by atoms with van der Waals surface area (Å²) in [5, 5.41) is 0. The second kappa shape index (κ2) is 6.52. The monoisotopic (exact) mass is 355 g/mol. The number of hydrogen-bond donors (Lipinski definition) is 1. The summed E-state index contributed by atoms with van der Waals surface area (Å²) in [7, 11) is 2.16. The van der Waals surface area contributed by atoms with Gasteiger partial charge in [0.15, 0.2) is 11.5 Å². The van der Waals surface area contributed by atoms with Crippen LogP contribution in [0.4, 0.5) is 0 Å². The van der Waals surface area contributed by atoms with Crippen LogP contribution in [-0.4, -0.2) is 62.8 Å². The summed E-state index contributed by atoms with van der Waals surface area (Å²) in [6, 6.07) is 4.42. The quantitative estimate of drug-likeness (QED) is 0.889. The van der Waals surface area contributed by atoms with Crippen LogP contribution >= 0.6 is 15.9 Å². The molecule has 1 fully saturated rings. The van der Waals surface area contributed by atoms with Crippen LogP contribution in [0.1, 0.15) is 11.6 Å². The number of hydrogen-bond acceptors (Lipinski definition) is 5. The number of rotatable bonds is 3. The highest BCUT2D eigenvalue weighted by atomic mass is 79.9. The van der Waals surface area contributed by atoms with Gasteiger partial charge in [0.2, 0.25) is 0 Å². The van der Waals surface area contributed by atoms with Gasteiger partial charge in [-0.1, -0.05) is 0 Å². The minimum Gasteiger partial charge on any atom is -0.486 e. The van der Waals surface area contributed by atoms with E-state index in [4.69, 9.17) is 15.2 Å². The van der Waals surface area contributed by atoms with Crippen molar-refractivity contribution in [3.05, 3.63) is 22.2 Å². The van der Waals surface area contributed by atoms with Gasteiger partial charge in [0.05, 0.1) is 4.47 Å². The van der Waals surface area contributed by atoms with E-state index in [1.54, 1.807) is 0 Å². The molecular formula is C15H22BrN3O2. The zero-order valence-electron chi connectivity index (χ0n) is 12.3. The highest BCUT2D eigenvalue weighted by Crippen LogP contribution is 2.40. The number of nitrogens with two attached hydrogens (primary N) is 1. The Bertz CT molecular complexity index is 504. The standard InChI is InChI=1S/C15H22BrN3O2/c1-18-2-4-19(5-3-18)13(10-17)11-8-12(16)15-14(9-11)20-6-7-21-15/h8-9,13H,2-7,10,17H2,1H3. The summed E-state index contributed by atoms with van der Waals surface area (Å²) in [5.41, 5.74) is 7.25. The minimum atomic E-state index is 0.228. The molecule has 116 valence electrons. The lowest BCUT2D eigenvalue weighted by Crippen LogP contribution is -2.47. The van der Waals surface area contributed by atoms with Crippen molar-refractivity contribution in [3.8, 4) is 11.5 Å². The lowest BCUT2D eigenvalue weighted by atomic mass is 10.0. The maximum Gasteiger partial charge on any atom is 0.175 e. The first kappa shape index (κ1) is 15.1. The smallest absolute Gasteiger partial charge is 0.175 e. The number of benzene rings is 1. The average molecular weight is 356 g/mol. The molecule has 1 atom stereocenters. The molecule has 1 unspecified atom stereocenters. The van der Waals surface area contributed by atoms with E-state index in [0.29, 0.717) is 19.8 Å². The van der Waals surface area contributed by atoms with Crippen LogP contribution in [0.2, 0.25) is 0 Å². The van der Waals surface area contributed by atoms with Crippen molar-refractivity contribution in [2.24, 2.45) is 5.73 Å². The van der Waals surface area contributed by atoms with Gasteiger partial charge in [-0.2, -0.15) is 0 Å². The first-order valence-corrected chi connectivity index (χ1v) is 8.20. The summed E-state index contributed by atoms with van der Waals surface area (Å²) in [6.45, 7) is 6.07. The normalized spacial score (nSPS) is 21.3. The number of halogens is 1. The Morgan fingerprint density at radius 1 is 1.19 bits per heavy atom. The van der Waals surface area contributed by atoms with Crippen molar-refractivity contribution >= 4 is 15.9 Å². The Morgan fingerprint density at radius 2 is 1.90 bits per heavy atom. The third-order valence-electron chi connectivity index (χ3n) is 4.21. The predicted octanol–water partition coefficient (Wildman–Crippen LogP) is 1.47. The van der Waals surface area contributed by atoms with E-state index in [1.807, 2.05) is 0 Å². The topological polar surface area (TPSA) is 51.0 Å². The Kier molecular flexibility index (Phi) is 4.69. The van der Waals surface area contributed by atoms with Gasteiger partial charge in [0.25, 0.3) is 0 Å². The zero-order chi connectivity index (χ0) is 14.8. The summed E-state index contributed by atoms with van der Waals surface area (Å²) in [4.78, 5) is 4.81. The molecule has 2 heterocycles. The van der Waals surface area contributed by atoms with Crippen LogP contribution in [-0.2, 0) is 0 Å². The third kappa shape index (κ3) is 3.18. The molecule has 0 saturated carbocycles.